The molecule has 5 nitrogen and oxygen atoms in total. The molecule has 1 aromatic carbocycles. The van der Waals surface area contributed by atoms with Crippen molar-refractivity contribution in [1.82, 2.24) is 9.13 Å². The SMILES string of the molecule is C[C@@H]1CCN(Cc2cn(C)c(=O)n(C)c2=O)c2ccccc21. The molecule has 116 valence electrons. The van der Waals surface area contributed by atoms with E-state index in [1.54, 1.807) is 13.2 Å². The molecule has 0 saturated carbocycles. The Hall–Kier alpha value is -2.30. The molecule has 0 bridgehead atoms. The molecule has 0 saturated heterocycles. The van der Waals surface area contributed by atoms with Crippen molar-refractivity contribution < 1.29 is 0 Å². The molecule has 5 heteroatoms. The van der Waals surface area contributed by atoms with Gasteiger partial charge in [0.25, 0.3) is 5.56 Å². The van der Waals surface area contributed by atoms with Gasteiger partial charge in [-0.15, -0.1) is 0 Å². The van der Waals surface area contributed by atoms with Crippen LogP contribution in [0.2, 0.25) is 0 Å². The summed E-state index contributed by atoms with van der Waals surface area (Å²) in [5.74, 6) is 0.537. The third kappa shape index (κ3) is 2.36. The minimum atomic E-state index is -0.290. The minimum Gasteiger partial charge on any atom is -0.367 e. The van der Waals surface area contributed by atoms with Gasteiger partial charge in [0.1, 0.15) is 0 Å². The van der Waals surface area contributed by atoms with E-state index in [4.69, 9.17) is 0 Å². The number of benzene rings is 1. The third-order valence-corrected chi connectivity index (χ3v) is 4.52. The van der Waals surface area contributed by atoms with Crippen LogP contribution in [0.3, 0.4) is 0 Å². The van der Waals surface area contributed by atoms with Crippen LogP contribution in [-0.4, -0.2) is 15.7 Å². The van der Waals surface area contributed by atoms with Crippen LogP contribution in [0.15, 0.2) is 40.1 Å². The van der Waals surface area contributed by atoms with Gasteiger partial charge >= 0.3 is 5.69 Å². The van der Waals surface area contributed by atoms with Crippen molar-refractivity contribution in [2.75, 3.05) is 11.4 Å². The standard InChI is InChI=1S/C17H21N3O2/c1-12-8-9-20(15-7-5-4-6-14(12)15)11-13-10-18(2)17(22)19(3)16(13)21/h4-7,10,12H,8-9,11H2,1-3H3/t12-/m1/s1. The zero-order valence-corrected chi connectivity index (χ0v) is 13.2. The van der Waals surface area contributed by atoms with E-state index in [0.29, 0.717) is 18.0 Å². The van der Waals surface area contributed by atoms with Gasteiger partial charge in [-0.1, -0.05) is 25.1 Å². The Morgan fingerprint density at radius 3 is 2.68 bits per heavy atom. The van der Waals surface area contributed by atoms with Gasteiger partial charge in [-0.3, -0.25) is 9.36 Å². The average Bonchev–Trinajstić information content (AvgIpc) is 2.53. The van der Waals surface area contributed by atoms with Crippen LogP contribution in [0.4, 0.5) is 5.69 Å². The highest BCUT2D eigenvalue weighted by Crippen LogP contribution is 2.35. The molecule has 1 aliphatic rings. The zero-order chi connectivity index (χ0) is 15.9. The van der Waals surface area contributed by atoms with Gasteiger partial charge in [-0.2, -0.15) is 0 Å². The number of anilines is 1. The summed E-state index contributed by atoms with van der Waals surface area (Å²) in [6.45, 7) is 3.69. The molecule has 1 aromatic heterocycles. The number of aryl methyl sites for hydroxylation is 1. The summed E-state index contributed by atoms with van der Waals surface area (Å²) in [4.78, 5) is 26.3. The fraction of sp³-hybridized carbons (Fsp3) is 0.412. The van der Waals surface area contributed by atoms with Gasteiger partial charge in [0, 0.05) is 39.1 Å². The lowest BCUT2D eigenvalue weighted by molar-refractivity contribution is 0.598. The maximum atomic E-state index is 12.3. The van der Waals surface area contributed by atoms with E-state index in [0.717, 1.165) is 13.0 Å². The molecule has 0 radical (unpaired) electrons. The highest BCUT2D eigenvalue weighted by molar-refractivity contribution is 5.57. The Balaban J connectivity index is 2.00. The lowest BCUT2D eigenvalue weighted by Crippen LogP contribution is -2.41. The van der Waals surface area contributed by atoms with Gasteiger partial charge in [0.05, 0.1) is 5.56 Å². The predicted octanol–water partition coefficient (Wildman–Crippen LogP) is 1.60. The summed E-state index contributed by atoms with van der Waals surface area (Å²) in [7, 11) is 3.21. The monoisotopic (exact) mass is 299 g/mol. The van der Waals surface area contributed by atoms with Crippen molar-refractivity contribution in [2.24, 2.45) is 14.1 Å². The molecule has 3 rings (SSSR count). The molecule has 0 N–H and O–H groups in total. The Bertz CT molecular complexity index is 819. The van der Waals surface area contributed by atoms with Gasteiger partial charge in [-0.05, 0) is 24.0 Å². The van der Waals surface area contributed by atoms with Crippen LogP contribution in [0.5, 0.6) is 0 Å². The summed E-state index contributed by atoms with van der Waals surface area (Å²) < 4.78 is 2.64. The average molecular weight is 299 g/mol. The normalized spacial score (nSPS) is 17.4. The fourth-order valence-electron chi connectivity index (χ4n) is 3.18. The first kappa shape index (κ1) is 14.6. The number of fused-ring (bicyclic) bond motifs is 1. The largest absolute Gasteiger partial charge is 0.367 e. The second kappa shape index (κ2) is 5.48. The van der Waals surface area contributed by atoms with Crippen LogP contribution in [-0.2, 0) is 20.6 Å². The van der Waals surface area contributed by atoms with Crippen LogP contribution in [0.1, 0.15) is 30.4 Å². The number of hydrogen-bond acceptors (Lipinski definition) is 3. The molecule has 1 atom stereocenters. The minimum absolute atomic E-state index is 0.209. The summed E-state index contributed by atoms with van der Waals surface area (Å²) in [5.41, 5.74) is 2.67. The maximum Gasteiger partial charge on any atom is 0.330 e. The van der Waals surface area contributed by atoms with E-state index in [2.05, 4.69) is 30.0 Å². The van der Waals surface area contributed by atoms with Crippen LogP contribution in [0, 0.1) is 0 Å². The van der Waals surface area contributed by atoms with Crippen molar-refractivity contribution in [3.63, 3.8) is 0 Å². The molecule has 0 aliphatic carbocycles. The number of para-hydroxylation sites is 1. The molecule has 2 aromatic rings. The van der Waals surface area contributed by atoms with E-state index < -0.39 is 0 Å². The van der Waals surface area contributed by atoms with Crippen molar-refractivity contribution in [1.29, 1.82) is 0 Å². The number of hydrogen-bond donors (Lipinski definition) is 0. The molecule has 22 heavy (non-hydrogen) atoms. The van der Waals surface area contributed by atoms with Gasteiger partial charge in [-0.25, -0.2) is 4.79 Å². The second-order valence-electron chi connectivity index (χ2n) is 6.08. The number of aromatic nitrogens is 2. The second-order valence-corrected chi connectivity index (χ2v) is 6.08. The number of nitrogens with zero attached hydrogens (tertiary/aromatic N) is 3. The van der Waals surface area contributed by atoms with Crippen LogP contribution in [0.25, 0.3) is 0 Å². The highest BCUT2D eigenvalue weighted by Gasteiger charge is 2.22. The Labute approximate surface area is 129 Å². The fourth-order valence-corrected chi connectivity index (χ4v) is 3.18. The topological polar surface area (TPSA) is 47.2 Å². The molecule has 2 heterocycles. The molecule has 1 aliphatic heterocycles. The van der Waals surface area contributed by atoms with E-state index in [-0.39, 0.29) is 11.2 Å². The van der Waals surface area contributed by atoms with Crippen molar-refractivity contribution in [3.8, 4) is 0 Å². The Kier molecular flexibility index (Phi) is 3.64. The smallest absolute Gasteiger partial charge is 0.330 e. The van der Waals surface area contributed by atoms with E-state index in [9.17, 15) is 9.59 Å². The molecule has 0 unspecified atom stereocenters. The van der Waals surface area contributed by atoms with Crippen molar-refractivity contribution >= 4 is 5.69 Å². The quantitative estimate of drug-likeness (QED) is 0.846. The summed E-state index contributed by atoms with van der Waals surface area (Å²) in [6, 6.07) is 8.36. The summed E-state index contributed by atoms with van der Waals surface area (Å²) in [5, 5.41) is 0. The lowest BCUT2D eigenvalue weighted by Gasteiger charge is -2.34. The third-order valence-electron chi connectivity index (χ3n) is 4.52. The summed E-state index contributed by atoms with van der Waals surface area (Å²) in [6.07, 6.45) is 2.73. The Morgan fingerprint density at radius 1 is 1.18 bits per heavy atom. The van der Waals surface area contributed by atoms with Crippen LogP contribution < -0.4 is 16.1 Å². The predicted molar refractivity (Wildman–Crippen MR) is 87.4 cm³/mol. The Morgan fingerprint density at radius 2 is 1.91 bits per heavy atom. The molecule has 0 fully saturated rings. The first-order chi connectivity index (χ1) is 10.5. The molecular formula is C17H21N3O2. The molecule has 0 spiro atoms. The van der Waals surface area contributed by atoms with E-state index in [1.165, 1.54) is 27.4 Å². The zero-order valence-electron chi connectivity index (χ0n) is 13.2. The van der Waals surface area contributed by atoms with E-state index >= 15 is 0 Å². The van der Waals surface area contributed by atoms with E-state index in [1.807, 2.05) is 6.07 Å². The van der Waals surface area contributed by atoms with Gasteiger partial charge in [0.2, 0.25) is 0 Å². The van der Waals surface area contributed by atoms with Crippen molar-refractivity contribution in [3.05, 3.63) is 62.4 Å². The highest BCUT2D eigenvalue weighted by atomic mass is 16.2. The van der Waals surface area contributed by atoms with Crippen molar-refractivity contribution in [2.45, 2.75) is 25.8 Å². The first-order valence-corrected chi connectivity index (χ1v) is 7.58. The molecule has 0 amide bonds. The lowest BCUT2D eigenvalue weighted by atomic mass is 9.91. The number of rotatable bonds is 2. The molecular weight excluding hydrogens is 278 g/mol. The van der Waals surface area contributed by atoms with Gasteiger partial charge < -0.3 is 9.47 Å². The van der Waals surface area contributed by atoms with Gasteiger partial charge in [0.15, 0.2) is 0 Å². The summed E-state index contributed by atoms with van der Waals surface area (Å²) >= 11 is 0. The first-order valence-electron chi connectivity index (χ1n) is 7.58. The maximum absolute atomic E-state index is 12.3. The van der Waals surface area contributed by atoms with Crippen LogP contribution >= 0.6 is 0 Å².